The fourth-order valence-electron chi connectivity index (χ4n) is 1.95. The smallest absolute Gasteiger partial charge is 0.234 e. The number of hydrogen-bond acceptors (Lipinski definition) is 5. The van der Waals surface area contributed by atoms with E-state index in [1.54, 1.807) is 27.4 Å². The van der Waals surface area contributed by atoms with Crippen LogP contribution in [-0.4, -0.2) is 33.0 Å². The molecular formula is C17H19NO4S. The fraction of sp³-hybridized carbons (Fsp3) is 0.235. The molecule has 6 heteroatoms. The number of benzene rings is 2. The highest BCUT2D eigenvalue weighted by molar-refractivity contribution is 8.00. The molecule has 23 heavy (non-hydrogen) atoms. The fourth-order valence-corrected chi connectivity index (χ4v) is 2.68. The van der Waals surface area contributed by atoms with Gasteiger partial charge in [-0.05, 0) is 30.3 Å². The number of rotatable bonds is 7. The number of anilines is 1. The molecule has 0 aliphatic rings. The molecule has 0 fully saturated rings. The van der Waals surface area contributed by atoms with Crippen LogP contribution in [0.5, 0.6) is 17.2 Å². The second-order valence-corrected chi connectivity index (χ2v) is 5.63. The number of hydrogen-bond donors (Lipinski definition) is 1. The molecule has 122 valence electrons. The molecule has 0 saturated carbocycles. The Labute approximate surface area is 139 Å². The first kappa shape index (κ1) is 17.0. The SMILES string of the molecule is COc1cccc(NC(=O)CSc2ccc(OC)c(OC)c2)c1. The molecule has 0 atom stereocenters. The number of nitrogens with one attached hydrogen (secondary N) is 1. The number of thioether (sulfide) groups is 1. The van der Waals surface area contributed by atoms with E-state index in [1.807, 2.05) is 36.4 Å². The van der Waals surface area contributed by atoms with Crippen molar-refractivity contribution in [3.63, 3.8) is 0 Å². The van der Waals surface area contributed by atoms with Gasteiger partial charge in [-0.3, -0.25) is 4.79 Å². The van der Waals surface area contributed by atoms with Gasteiger partial charge in [-0.25, -0.2) is 0 Å². The molecule has 5 nitrogen and oxygen atoms in total. The maximum Gasteiger partial charge on any atom is 0.234 e. The number of ether oxygens (including phenoxy) is 3. The third-order valence-electron chi connectivity index (χ3n) is 3.08. The lowest BCUT2D eigenvalue weighted by Crippen LogP contribution is -2.13. The maximum atomic E-state index is 12.0. The maximum absolute atomic E-state index is 12.0. The molecule has 1 amide bonds. The standard InChI is InChI=1S/C17H19NO4S/c1-20-13-6-4-5-12(9-13)18-17(19)11-23-14-7-8-15(21-2)16(10-14)22-3/h4-10H,11H2,1-3H3,(H,18,19). The lowest BCUT2D eigenvalue weighted by atomic mass is 10.3. The summed E-state index contributed by atoms with van der Waals surface area (Å²) in [7, 11) is 4.77. The van der Waals surface area contributed by atoms with E-state index in [1.165, 1.54) is 11.8 Å². The predicted octanol–water partition coefficient (Wildman–Crippen LogP) is 3.44. The van der Waals surface area contributed by atoms with Crippen molar-refractivity contribution in [1.82, 2.24) is 0 Å². The van der Waals surface area contributed by atoms with E-state index in [9.17, 15) is 4.79 Å². The van der Waals surface area contributed by atoms with Gasteiger partial charge in [-0.2, -0.15) is 0 Å². The van der Waals surface area contributed by atoms with Crippen molar-refractivity contribution in [2.75, 3.05) is 32.4 Å². The van der Waals surface area contributed by atoms with Crippen LogP contribution in [0, 0.1) is 0 Å². The number of methoxy groups -OCH3 is 3. The van der Waals surface area contributed by atoms with Gasteiger partial charge in [0.1, 0.15) is 5.75 Å². The minimum absolute atomic E-state index is 0.0852. The third-order valence-corrected chi connectivity index (χ3v) is 4.07. The average Bonchev–Trinajstić information content (AvgIpc) is 2.59. The van der Waals surface area contributed by atoms with E-state index < -0.39 is 0 Å². The zero-order valence-electron chi connectivity index (χ0n) is 13.3. The number of carbonyl (C=O) groups is 1. The van der Waals surface area contributed by atoms with Crippen molar-refractivity contribution in [1.29, 1.82) is 0 Å². The van der Waals surface area contributed by atoms with Crippen LogP contribution in [0.2, 0.25) is 0 Å². The van der Waals surface area contributed by atoms with Gasteiger partial charge in [0.25, 0.3) is 0 Å². The highest BCUT2D eigenvalue weighted by Gasteiger charge is 2.08. The summed E-state index contributed by atoms with van der Waals surface area (Å²) in [6, 6.07) is 12.8. The van der Waals surface area contributed by atoms with Gasteiger partial charge in [0, 0.05) is 16.6 Å². The first-order valence-electron chi connectivity index (χ1n) is 6.95. The minimum Gasteiger partial charge on any atom is -0.497 e. The molecule has 2 aromatic rings. The molecule has 0 spiro atoms. The molecule has 1 N–H and O–H groups in total. The Hall–Kier alpha value is -2.34. The lowest BCUT2D eigenvalue weighted by Gasteiger charge is -2.10. The molecule has 0 unspecified atom stereocenters. The Bertz CT molecular complexity index is 675. The monoisotopic (exact) mass is 333 g/mol. The van der Waals surface area contributed by atoms with Gasteiger partial charge in [-0.1, -0.05) is 6.07 Å². The summed E-state index contributed by atoms with van der Waals surface area (Å²) >= 11 is 1.43. The van der Waals surface area contributed by atoms with Crippen molar-refractivity contribution in [2.45, 2.75) is 4.90 Å². The second kappa shape index (κ2) is 8.33. The molecule has 0 heterocycles. The van der Waals surface area contributed by atoms with Crippen LogP contribution in [0.15, 0.2) is 47.4 Å². The first-order chi connectivity index (χ1) is 11.2. The van der Waals surface area contributed by atoms with Gasteiger partial charge < -0.3 is 19.5 Å². The molecular weight excluding hydrogens is 314 g/mol. The molecule has 0 aliphatic heterocycles. The van der Waals surface area contributed by atoms with Crippen molar-refractivity contribution in [3.05, 3.63) is 42.5 Å². The van der Waals surface area contributed by atoms with E-state index >= 15 is 0 Å². The number of carbonyl (C=O) groups excluding carboxylic acids is 1. The van der Waals surface area contributed by atoms with Crippen molar-refractivity contribution in [2.24, 2.45) is 0 Å². The number of amides is 1. The Morgan fingerprint density at radius 3 is 2.48 bits per heavy atom. The first-order valence-corrected chi connectivity index (χ1v) is 7.93. The Kier molecular flexibility index (Phi) is 6.17. The van der Waals surface area contributed by atoms with Crippen molar-refractivity contribution < 1.29 is 19.0 Å². The lowest BCUT2D eigenvalue weighted by molar-refractivity contribution is -0.113. The molecule has 2 aromatic carbocycles. The molecule has 2 rings (SSSR count). The van der Waals surface area contributed by atoms with Crippen LogP contribution in [-0.2, 0) is 4.79 Å². The summed E-state index contributed by atoms with van der Waals surface area (Å²) in [5, 5.41) is 2.84. The summed E-state index contributed by atoms with van der Waals surface area (Å²) < 4.78 is 15.6. The third kappa shape index (κ3) is 4.82. The van der Waals surface area contributed by atoms with Crippen LogP contribution in [0.4, 0.5) is 5.69 Å². The molecule has 0 saturated heterocycles. The largest absolute Gasteiger partial charge is 0.497 e. The van der Waals surface area contributed by atoms with Crippen LogP contribution in [0.1, 0.15) is 0 Å². The summed E-state index contributed by atoms with van der Waals surface area (Å²) in [5.74, 6) is 2.23. The Balaban J connectivity index is 1.93. The Morgan fingerprint density at radius 1 is 1.00 bits per heavy atom. The molecule has 0 bridgehead atoms. The van der Waals surface area contributed by atoms with E-state index in [-0.39, 0.29) is 5.91 Å². The Morgan fingerprint density at radius 2 is 1.78 bits per heavy atom. The van der Waals surface area contributed by atoms with E-state index in [0.29, 0.717) is 28.7 Å². The van der Waals surface area contributed by atoms with Gasteiger partial charge >= 0.3 is 0 Å². The van der Waals surface area contributed by atoms with Crippen LogP contribution < -0.4 is 19.5 Å². The van der Waals surface area contributed by atoms with E-state index in [2.05, 4.69) is 5.32 Å². The summed E-state index contributed by atoms with van der Waals surface area (Å²) in [5.41, 5.74) is 0.710. The zero-order valence-corrected chi connectivity index (χ0v) is 14.1. The van der Waals surface area contributed by atoms with Gasteiger partial charge in [0.2, 0.25) is 5.91 Å². The predicted molar refractivity (Wildman–Crippen MR) is 91.9 cm³/mol. The van der Waals surface area contributed by atoms with Crippen LogP contribution in [0.25, 0.3) is 0 Å². The van der Waals surface area contributed by atoms with Gasteiger partial charge in [0.05, 0.1) is 27.1 Å². The highest BCUT2D eigenvalue weighted by atomic mass is 32.2. The minimum atomic E-state index is -0.0852. The topological polar surface area (TPSA) is 56.8 Å². The average molecular weight is 333 g/mol. The summed E-state index contributed by atoms with van der Waals surface area (Å²) in [6.07, 6.45) is 0. The van der Waals surface area contributed by atoms with Crippen molar-refractivity contribution >= 4 is 23.4 Å². The second-order valence-electron chi connectivity index (χ2n) is 4.59. The van der Waals surface area contributed by atoms with Gasteiger partial charge in [0.15, 0.2) is 11.5 Å². The summed E-state index contributed by atoms with van der Waals surface area (Å²) in [4.78, 5) is 13.0. The zero-order chi connectivity index (χ0) is 16.7. The summed E-state index contributed by atoms with van der Waals surface area (Å²) in [6.45, 7) is 0. The quantitative estimate of drug-likeness (QED) is 0.787. The molecule has 0 aromatic heterocycles. The van der Waals surface area contributed by atoms with Crippen LogP contribution in [0.3, 0.4) is 0 Å². The normalized spacial score (nSPS) is 10.0. The van der Waals surface area contributed by atoms with Crippen LogP contribution >= 0.6 is 11.8 Å². The van der Waals surface area contributed by atoms with Crippen molar-refractivity contribution in [3.8, 4) is 17.2 Å². The van der Waals surface area contributed by atoms with E-state index in [0.717, 1.165) is 4.90 Å². The van der Waals surface area contributed by atoms with Gasteiger partial charge in [-0.15, -0.1) is 11.8 Å². The van der Waals surface area contributed by atoms with E-state index in [4.69, 9.17) is 14.2 Å². The molecule has 0 radical (unpaired) electrons. The molecule has 0 aliphatic carbocycles. The highest BCUT2D eigenvalue weighted by Crippen LogP contribution is 2.31.